The van der Waals surface area contributed by atoms with Crippen LogP contribution in [0, 0.1) is 6.92 Å². The summed E-state index contributed by atoms with van der Waals surface area (Å²) in [6.07, 6.45) is 0.852. The van der Waals surface area contributed by atoms with Gasteiger partial charge >= 0.3 is 0 Å². The maximum atomic E-state index is 10.7. The number of benzene rings is 2. The SMILES string of the molecule is CN=C(NCCc1ccc(OCC(N)=O)cc1)NCC(C)c1ccc(C)cc1.I. The molecule has 29 heavy (non-hydrogen) atoms. The van der Waals surface area contributed by atoms with E-state index < -0.39 is 5.91 Å². The molecule has 0 radical (unpaired) electrons. The molecule has 0 aliphatic rings. The summed E-state index contributed by atoms with van der Waals surface area (Å²) in [5.41, 5.74) is 8.82. The van der Waals surface area contributed by atoms with Crippen LogP contribution in [-0.4, -0.2) is 38.6 Å². The summed E-state index contributed by atoms with van der Waals surface area (Å²) in [7, 11) is 1.77. The van der Waals surface area contributed by atoms with Crippen molar-refractivity contribution in [1.82, 2.24) is 10.6 Å². The second-order valence-electron chi connectivity index (χ2n) is 6.84. The smallest absolute Gasteiger partial charge is 0.255 e. The fourth-order valence-electron chi connectivity index (χ4n) is 2.72. The summed E-state index contributed by atoms with van der Waals surface area (Å²) in [5.74, 6) is 1.34. The predicted molar refractivity (Wildman–Crippen MR) is 129 cm³/mol. The molecule has 1 unspecified atom stereocenters. The average molecular weight is 510 g/mol. The topological polar surface area (TPSA) is 88.7 Å². The van der Waals surface area contributed by atoms with Gasteiger partial charge in [-0.2, -0.15) is 0 Å². The van der Waals surface area contributed by atoms with E-state index in [1.165, 1.54) is 16.7 Å². The predicted octanol–water partition coefficient (Wildman–Crippen LogP) is 2.99. The summed E-state index contributed by atoms with van der Waals surface area (Å²) in [6, 6.07) is 16.3. The van der Waals surface area contributed by atoms with Crippen molar-refractivity contribution in [3.05, 3.63) is 65.2 Å². The monoisotopic (exact) mass is 510 g/mol. The highest BCUT2D eigenvalue weighted by Gasteiger charge is 2.06. The Morgan fingerprint density at radius 2 is 1.76 bits per heavy atom. The normalized spacial score (nSPS) is 11.9. The van der Waals surface area contributed by atoms with Crippen molar-refractivity contribution in [3.63, 3.8) is 0 Å². The van der Waals surface area contributed by atoms with Gasteiger partial charge in [0.2, 0.25) is 0 Å². The van der Waals surface area contributed by atoms with Crippen LogP contribution < -0.4 is 21.1 Å². The molecule has 6 nitrogen and oxygen atoms in total. The highest BCUT2D eigenvalue weighted by atomic mass is 127. The summed E-state index contributed by atoms with van der Waals surface area (Å²) in [4.78, 5) is 15.0. The molecule has 0 aromatic heterocycles. The molecule has 0 spiro atoms. The van der Waals surface area contributed by atoms with Gasteiger partial charge in [-0.1, -0.05) is 48.9 Å². The Balaban J connectivity index is 0.00000420. The van der Waals surface area contributed by atoms with Crippen LogP contribution in [0.4, 0.5) is 0 Å². The lowest BCUT2D eigenvalue weighted by molar-refractivity contribution is -0.119. The average Bonchev–Trinajstić information content (AvgIpc) is 2.70. The zero-order valence-corrected chi connectivity index (χ0v) is 19.6. The van der Waals surface area contributed by atoms with Gasteiger partial charge in [-0.15, -0.1) is 24.0 Å². The van der Waals surface area contributed by atoms with Crippen LogP contribution in [0.15, 0.2) is 53.5 Å². The van der Waals surface area contributed by atoms with Crippen molar-refractivity contribution in [2.24, 2.45) is 10.7 Å². The van der Waals surface area contributed by atoms with E-state index in [1.807, 2.05) is 24.3 Å². The number of hydrogen-bond acceptors (Lipinski definition) is 3. The summed E-state index contributed by atoms with van der Waals surface area (Å²) in [6.45, 7) is 5.77. The Bertz CT molecular complexity index is 776. The highest BCUT2D eigenvalue weighted by Crippen LogP contribution is 2.15. The molecule has 1 atom stereocenters. The van der Waals surface area contributed by atoms with Gasteiger partial charge in [-0.3, -0.25) is 9.79 Å². The van der Waals surface area contributed by atoms with Crippen molar-refractivity contribution in [3.8, 4) is 5.75 Å². The van der Waals surface area contributed by atoms with Crippen LogP contribution in [0.3, 0.4) is 0 Å². The summed E-state index contributed by atoms with van der Waals surface area (Å²) >= 11 is 0. The Hall–Kier alpha value is -2.29. The van der Waals surface area contributed by atoms with Crippen molar-refractivity contribution < 1.29 is 9.53 Å². The van der Waals surface area contributed by atoms with Gasteiger partial charge in [0.05, 0.1) is 0 Å². The molecule has 158 valence electrons. The van der Waals surface area contributed by atoms with Gasteiger partial charge in [0.25, 0.3) is 5.91 Å². The Kier molecular flexibility index (Phi) is 11.1. The molecule has 0 aliphatic carbocycles. The summed E-state index contributed by atoms with van der Waals surface area (Å²) < 4.78 is 5.26. The van der Waals surface area contributed by atoms with Gasteiger partial charge in [0.1, 0.15) is 5.75 Å². The lowest BCUT2D eigenvalue weighted by Crippen LogP contribution is -2.39. The van der Waals surface area contributed by atoms with E-state index in [1.54, 1.807) is 7.05 Å². The van der Waals surface area contributed by atoms with Crippen LogP contribution in [-0.2, 0) is 11.2 Å². The Morgan fingerprint density at radius 1 is 1.10 bits per heavy atom. The van der Waals surface area contributed by atoms with Gasteiger partial charge in [0.15, 0.2) is 12.6 Å². The van der Waals surface area contributed by atoms with E-state index >= 15 is 0 Å². The minimum atomic E-state index is -0.483. The third-order valence-corrected chi connectivity index (χ3v) is 4.46. The number of aryl methyl sites for hydroxylation is 1. The molecule has 0 aliphatic heterocycles. The number of aliphatic imine (C=N–C) groups is 1. The molecule has 0 bridgehead atoms. The zero-order valence-electron chi connectivity index (χ0n) is 17.3. The molecule has 1 amide bonds. The minimum absolute atomic E-state index is 0. The number of nitrogens with zero attached hydrogens (tertiary/aromatic N) is 1. The number of ether oxygens (including phenoxy) is 1. The van der Waals surface area contributed by atoms with Crippen molar-refractivity contribution in [2.75, 3.05) is 26.7 Å². The number of halogens is 1. The van der Waals surface area contributed by atoms with E-state index in [4.69, 9.17) is 10.5 Å². The molecule has 4 N–H and O–H groups in total. The van der Waals surface area contributed by atoms with Crippen LogP contribution in [0.5, 0.6) is 5.75 Å². The molecule has 0 saturated carbocycles. The molecule has 0 fully saturated rings. The van der Waals surface area contributed by atoms with E-state index in [-0.39, 0.29) is 30.6 Å². The number of hydrogen-bond donors (Lipinski definition) is 3. The molecular weight excluding hydrogens is 479 g/mol. The number of amides is 1. The minimum Gasteiger partial charge on any atom is -0.484 e. The van der Waals surface area contributed by atoms with E-state index in [2.05, 4.69) is 53.7 Å². The number of carbonyl (C=O) groups is 1. The zero-order chi connectivity index (χ0) is 20.4. The number of rotatable bonds is 9. The first-order valence-electron chi connectivity index (χ1n) is 9.49. The number of primary amides is 1. The lowest BCUT2D eigenvalue weighted by Gasteiger charge is -2.16. The third-order valence-electron chi connectivity index (χ3n) is 4.46. The van der Waals surface area contributed by atoms with Crippen LogP contribution in [0.25, 0.3) is 0 Å². The van der Waals surface area contributed by atoms with Gasteiger partial charge in [-0.25, -0.2) is 0 Å². The number of guanidine groups is 1. The summed E-state index contributed by atoms with van der Waals surface area (Å²) in [5, 5.41) is 6.72. The molecule has 0 heterocycles. The molecule has 2 aromatic carbocycles. The van der Waals surface area contributed by atoms with Gasteiger partial charge in [-0.05, 0) is 42.5 Å². The first kappa shape index (κ1) is 24.7. The first-order valence-corrected chi connectivity index (χ1v) is 9.49. The molecular formula is C22H31IN4O2. The van der Waals surface area contributed by atoms with E-state index in [0.717, 1.165) is 25.5 Å². The van der Waals surface area contributed by atoms with Crippen molar-refractivity contribution >= 4 is 35.8 Å². The Morgan fingerprint density at radius 3 is 2.34 bits per heavy atom. The number of nitrogens with two attached hydrogens (primary N) is 1. The Labute approximate surface area is 190 Å². The quantitative estimate of drug-likeness (QED) is 0.275. The maximum absolute atomic E-state index is 10.7. The highest BCUT2D eigenvalue weighted by molar-refractivity contribution is 14.0. The van der Waals surface area contributed by atoms with Crippen molar-refractivity contribution in [1.29, 1.82) is 0 Å². The van der Waals surface area contributed by atoms with E-state index in [0.29, 0.717) is 11.7 Å². The molecule has 0 saturated heterocycles. The standard InChI is InChI=1S/C22H30N4O2.HI/c1-16-4-8-19(9-5-16)17(2)14-26-22(24-3)25-13-12-18-6-10-20(11-7-18)28-15-21(23)27;/h4-11,17H,12-15H2,1-3H3,(H2,23,27)(H2,24,25,26);1H. The van der Waals surface area contributed by atoms with Gasteiger partial charge < -0.3 is 21.1 Å². The van der Waals surface area contributed by atoms with Crippen LogP contribution >= 0.6 is 24.0 Å². The fraction of sp³-hybridized carbons (Fsp3) is 0.364. The van der Waals surface area contributed by atoms with Gasteiger partial charge in [0, 0.05) is 20.1 Å². The first-order chi connectivity index (χ1) is 13.5. The van der Waals surface area contributed by atoms with Crippen molar-refractivity contribution in [2.45, 2.75) is 26.2 Å². The molecule has 2 rings (SSSR count). The maximum Gasteiger partial charge on any atom is 0.255 e. The molecule has 2 aromatic rings. The number of carbonyl (C=O) groups excluding carboxylic acids is 1. The number of nitrogens with one attached hydrogen (secondary N) is 2. The third kappa shape index (κ3) is 9.17. The second-order valence-corrected chi connectivity index (χ2v) is 6.84. The lowest BCUT2D eigenvalue weighted by atomic mass is 10.0. The van der Waals surface area contributed by atoms with Crippen LogP contribution in [0.2, 0.25) is 0 Å². The largest absolute Gasteiger partial charge is 0.484 e. The van der Waals surface area contributed by atoms with Crippen LogP contribution in [0.1, 0.15) is 29.5 Å². The molecule has 7 heteroatoms. The second kappa shape index (κ2) is 13.0. The van der Waals surface area contributed by atoms with E-state index in [9.17, 15) is 4.79 Å². The fourth-order valence-corrected chi connectivity index (χ4v) is 2.72.